The molecule has 17 heavy (non-hydrogen) atoms. The highest BCUT2D eigenvalue weighted by molar-refractivity contribution is 5.70. The maximum atomic E-state index is 10.8. The first-order valence-corrected chi connectivity index (χ1v) is 6.23. The van der Waals surface area contributed by atoms with Crippen LogP contribution in [0.4, 0.5) is 0 Å². The molecule has 100 valence electrons. The fraction of sp³-hybridized carbons (Fsp3) is 0.917. The van der Waals surface area contributed by atoms with E-state index in [1.807, 2.05) is 6.92 Å². The zero-order valence-corrected chi connectivity index (χ0v) is 10.4. The third kappa shape index (κ3) is 4.61. The summed E-state index contributed by atoms with van der Waals surface area (Å²) in [4.78, 5) is 10.8. The summed E-state index contributed by atoms with van der Waals surface area (Å²) in [6.45, 7) is 3.20. The second-order valence-corrected chi connectivity index (χ2v) is 5.26. The van der Waals surface area contributed by atoms with E-state index in [1.54, 1.807) is 0 Å². The molecule has 1 aliphatic carbocycles. The van der Waals surface area contributed by atoms with E-state index in [2.05, 4.69) is 5.32 Å². The standard InChI is InChI=1S/C12H23NO4/c1-9(7-14)6-13-8-12(17)4-2-10(3-5-12)11(15)16/h9-10,13-14,17H,2-8H2,1H3,(H,15,16). The molecule has 5 heteroatoms. The lowest BCUT2D eigenvalue weighted by molar-refractivity contribution is -0.144. The highest BCUT2D eigenvalue weighted by Gasteiger charge is 2.35. The summed E-state index contributed by atoms with van der Waals surface area (Å²) in [6.07, 6.45) is 2.15. The van der Waals surface area contributed by atoms with Crippen LogP contribution in [0.3, 0.4) is 0 Å². The first-order valence-electron chi connectivity index (χ1n) is 6.23. The third-order valence-corrected chi connectivity index (χ3v) is 3.52. The summed E-state index contributed by atoms with van der Waals surface area (Å²) in [6, 6.07) is 0. The van der Waals surface area contributed by atoms with Crippen LogP contribution in [0.1, 0.15) is 32.6 Å². The molecule has 0 radical (unpaired) electrons. The number of carboxylic acid groups (broad SMARTS) is 1. The molecule has 0 amide bonds. The summed E-state index contributed by atoms with van der Waals surface area (Å²) in [7, 11) is 0. The zero-order chi connectivity index (χ0) is 12.9. The lowest BCUT2D eigenvalue weighted by Crippen LogP contribution is -2.45. The fourth-order valence-corrected chi connectivity index (χ4v) is 2.19. The Morgan fingerprint density at radius 2 is 2.06 bits per heavy atom. The molecule has 4 N–H and O–H groups in total. The summed E-state index contributed by atoms with van der Waals surface area (Å²) in [5, 5.41) is 31.1. The fourth-order valence-electron chi connectivity index (χ4n) is 2.19. The van der Waals surface area contributed by atoms with Crippen LogP contribution < -0.4 is 5.32 Å². The number of aliphatic hydroxyl groups is 2. The predicted molar refractivity (Wildman–Crippen MR) is 63.7 cm³/mol. The Morgan fingerprint density at radius 3 is 2.53 bits per heavy atom. The van der Waals surface area contributed by atoms with Crippen molar-refractivity contribution in [1.29, 1.82) is 0 Å². The van der Waals surface area contributed by atoms with Crippen molar-refractivity contribution < 1.29 is 20.1 Å². The number of rotatable bonds is 6. The minimum Gasteiger partial charge on any atom is -0.481 e. The van der Waals surface area contributed by atoms with Crippen LogP contribution in [0.2, 0.25) is 0 Å². The van der Waals surface area contributed by atoms with Crippen molar-refractivity contribution in [3.05, 3.63) is 0 Å². The van der Waals surface area contributed by atoms with Gasteiger partial charge in [0.25, 0.3) is 0 Å². The van der Waals surface area contributed by atoms with Crippen molar-refractivity contribution in [2.24, 2.45) is 11.8 Å². The van der Waals surface area contributed by atoms with Gasteiger partial charge in [-0.3, -0.25) is 4.79 Å². The first-order chi connectivity index (χ1) is 7.97. The first kappa shape index (κ1) is 14.4. The third-order valence-electron chi connectivity index (χ3n) is 3.52. The van der Waals surface area contributed by atoms with E-state index in [-0.39, 0.29) is 18.4 Å². The van der Waals surface area contributed by atoms with Gasteiger partial charge in [0, 0.05) is 13.2 Å². The van der Waals surface area contributed by atoms with Gasteiger partial charge in [0.15, 0.2) is 0 Å². The number of carbonyl (C=O) groups is 1. The Hall–Kier alpha value is -0.650. The number of hydrogen-bond donors (Lipinski definition) is 4. The van der Waals surface area contributed by atoms with Gasteiger partial charge in [-0.2, -0.15) is 0 Å². The molecule has 0 aromatic heterocycles. The average Bonchev–Trinajstić information content (AvgIpc) is 2.29. The Bertz CT molecular complexity index is 249. The average molecular weight is 245 g/mol. The van der Waals surface area contributed by atoms with E-state index in [4.69, 9.17) is 10.2 Å². The summed E-state index contributed by atoms with van der Waals surface area (Å²) in [5.74, 6) is -0.880. The summed E-state index contributed by atoms with van der Waals surface area (Å²) >= 11 is 0. The van der Waals surface area contributed by atoms with Gasteiger partial charge in [0.2, 0.25) is 0 Å². The van der Waals surface area contributed by atoms with Gasteiger partial charge in [-0.15, -0.1) is 0 Å². The van der Waals surface area contributed by atoms with Crippen LogP contribution in [0.5, 0.6) is 0 Å². The van der Waals surface area contributed by atoms with Gasteiger partial charge >= 0.3 is 5.97 Å². The maximum absolute atomic E-state index is 10.8. The van der Waals surface area contributed by atoms with Crippen LogP contribution >= 0.6 is 0 Å². The van der Waals surface area contributed by atoms with Crippen molar-refractivity contribution in [2.75, 3.05) is 19.7 Å². The minimum absolute atomic E-state index is 0.131. The van der Waals surface area contributed by atoms with Gasteiger partial charge in [-0.05, 0) is 38.1 Å². The molecular formula is C12H23NO4. The molecule has 1 aliphatic rings. The molecular weight excluding hydrogens is 222 g/mol. The topological polar surface area (TPSA) is 89.8 Å². The summed E-state index contributed by atoms with van der Waals surface area (Å²) < 4.78 is 0. The molecule has 1 unspecified atom stereocenters. The van der Waals surface area contributed by atoms with E-state index in [0.29, 0.717) is 38.8 Å². The van der Waals surface area contributed by atoms with Gasteiger partial charge in [0.1, 0.15) is 0 Å². The number of aliphatic hydroxyl groups excluding tert-OH is 1. The van der Waals surface area contributed by atoms with Crippen LogP contribution in [0, 0.1) is 11.8 Å². The van der Waals surface area contributed by atoms with Crippen molar-refractivity contribution in [2.45, 2.75) is 38.2 Å². The Morgan fingerprint density at radius 1 is 1.47 bits per heavy atom. The van der Waals surface area contributed by atoms with Crippen molar-refractivity contribution in [3.8, 4) is 0 Å². The number of hydrogen-bond acceptors (Lipinski definition) is 4. The molecule has 1 rings (SSSR count). The molecule has 1 atom stereocenters. The highest BCUT2D eigenvalue weighted by Crippen LogP contribution is 2.31. The van der Waals surface area contributed by atoms with E-state index >= 15 is 0 Å². The molecule has 1 saturated carbocycles. The predicted octanol–water partition coefficient (Wildman–Crippen LogP) is 0.210. The number of aliphatic carboxylic acids is 1. The molecule has 0 aromatic carbocycles. The van der Waals surface area contributed by atoms with Crippen molar-refractivity contribution >= 4 is 5.97 Å². The largest absolute Gasteiger partial charge is 0.481 e. The zero-order valence-electron chi connectivity index (χ0n) is 10.4. The van der Waals surface area contributed by atoms with Crippen molar-refractivity contribution in [3.63, 3.8) is 0 Å². The molecule has 0 heterocycles. The highest BCUT2D eigenvalue weighted by atomic mass is 16.4. The lowest BCUT2D eigenvalue weighted by Gasteiger charge is -2.35. The van der Waals surface area contributed by atoms with Crippen LogP contribution in [-0.2, 0) is 4.79 Å². The number of carboxylic acids is 1. The monoisotopic (exact) mass is 245 g/mol. The second kappa shape index (κ2) is 6.33. The van der Waals surface area contributed by atoms with Gasteiger partial charge < -0.3 is 20.6 Å². The van der Waals surface area contributed by atoms with Gasteiger partial charge in [-0.1, -0.05) is 6.92 Å². The smallest absolute Gasteiger partial charge is 0.306 e. The Balaban J connectivity index is 2.27. The normalized spacial score (nSPS) is 31.1. The van der Waals surface area contributed by atoms with Crippen molar-refractivity contribution in [1.82, 2.24) is 5.32 Å². The van der Waals surface area contributed by atoms with Crippen LogP contribution in [-0.4, -0.2) is 46.6 Å². The van der Waals surface area contributed by atoms with E-state index in [9.17, 15) is 9.90 Å². The molecule has 1 fully saturated rings. The van der Waals surface area contributed by atoms with E-state index in [0.717, 1.165) is 0 Å². The molecule has 0 saturated heterocycles. The molecule has 0 bridgehead atoms. The minimum atomic E-state index is -0.777. The quantitative estimate of drug-likeness (QED) is 0.537. The molecule has 0 spiro atoms. The maximum Gasteiger partial charge on any atom is 0.306 e. The van der Waals surface area contributed by atoms with Gasteiger partial charge in [0.05, 0.1) is 11.5 Å². The van der Waals surface area contributed by atoms with Crippen LogP contribution in [0.25, 0.3) is 0 Å². The molecule has 5 nitrogen and oxygen atoms in total. The summed E-state index contributed by atoms with van der Waals surface area (Å²) in [5.41, 5.74) is -0.777. The number of nitrogens with one attached hydrogen (secondary N) is 1. The molecule has 0 aromatic rings. The Labute approximate surface area is 102 Å². The second-order valence-electron chi connectivity index (χ2n) is 5.26. The SMILES string of the molecule is CC(CO)CNCC1(O)CCC(C(=O)O)CC1. The van der Waals surface area contributed by atoms with Gasteiger partial charge in [-0.25, -0.2) is 0 Å². The van der Waals surface area contributed by atoms with Crippen LogP contribution in [0.15, 0.2) is 0 Å². The lowest BCUT2D eigenvalue weighted by atomic mass is 9.79. The Kier molecular flexibility index (Phi) is 5.36. The van der Waals surface area contributed by atoms with E-state index in [1.165, 1.54) is 0 Å². The van der Waals surface area contributed by atoms with E-state index < -0.39 is 11.6 Å². The molecule has 0 aliphatic heterocycles.